The van der Waals surface area contributed by atoms with Crippen LogP contribution in [0, 0.1) is 5.92 Å². The molecule has 0 fully saturated rings. The molecule has 110 valence electrons. The van der Waals surface area contributed by atoms with E-state index in [0.717, 1.165) is 25.3 Å². The van der Waals surface area contributed by atoms with Gasteiger partial charge in [-0.2, -0.15) is 0 Å². The standard InChI is InChI=1S/C18H22N2O/c1-11-8-13-9-15-14(4-5-16(20-15)21-3)18(10-11)17(13)12(2)6-7-19-18/h4-5,8,13,19H,6-7,9-10H2,1-3H3/t13-,18-/m0/s1. The van der Waals surface area contributed by atoms with Crippen molar-refractivity contribution in [2.45, 2.75) is 38.6 Å². The molecule has 1 aromatic heterocycles. The van der Waals surface area contributed by atoms with Gasteiger partial charge in [-0.25, -0.2) is 4.98 Å². The average Bonchev–Trinajstić information content (AvgIpc) is 2.45. The van der Waals surface area contributed by atoms with Crippen LogP contribution in [0.5, 0.6) is 5.88 Å². The summed E-state index contributed by atoms with van der Waals surface area (Å²) in [6.45, 7) is 5.63. The number of nitrogens with zero attached hydrogens (tertiary/aromatic N) is 1. The van der Waals surface area contributed by atoms with Crippen LogP contribution < -0.4 is 10.1 Å². The van der Waals surface area contributed by atoms with Crippen molar-refractivity contribution in [2.24, 2.45) is 5.92 Å². The molecule has 0 amide bonds. The highest BCUT2D eigenvalue weighted by atomic mass is 16.5. The van der Waals surface area contributed by atoms with Gasteiger partial charge in [0, 0.05) is 18.4 Å². The second-order valence-electron chi connectivity index (χ2n) is 6.62. The fraction of sp³-hybridized carbons (Fsp3) is 0.500. The maximum absolute atomic E-state index is 5.32. The van der Waals surface area contributed by atoms with E-state index in [0.29, 0.717) is 5.92 Å². The van der Waals surface area contributed by atoms with Gasteiger partial charge >= 0.3 is 0 Å². The second-order valence-corrected chi connectivity index (χ2v) is 6.62. The van der Waals surface area contributed by atoms with Crippen LogP contribution in [0.1, 0.15) is 37.9 Å². The lowest BCUT2D eigenvalue weighted by molar-refractivity contribution is 0.301. The summed E-state index contributed by atoms with van der Waals surface area (Å²) in [5, 5.41) is 3.84. The van der Waals surface area contributed by atoms with Crippen LogP contribution in [0.3, 0.4) is 0 Å². The highest BCUT2D eigenvalue weighted by Crippen LogP contribution is 2.52. The van der Waals surface area contributed by atoms with Gasteiger partial charge in [0.05, 0.1) is 18.3 Å². The van der Waals surface area contributed by atoms with Crippen LogP contribution in [0.25, 0.3) is 0 Å². The van der Waals surface area contributed by atoms with Crippen LogP contribution in [-0.2, 0) is 12.0 Å². The number of rotatable bonds is 1. The third-order valence-corrected chi connectivity index (χ3v) is 5.28. The molecule has 0 spiro atoms. The molecule has 4 rings (SSSR count). The second kappa shape index (κ2) is 4.44. The molecule has 1 aliphatic heterocycles. The quantitative estimate of drug-likeness (QED) is 0.804. The van der Waals surface area contributed by atoms with Gasteiger partial charge in [0.2, 0.25) is 5.88 Å². The molecule has 2 aliphatic carbocycles. The Balaban J connectivity index is 1.98. The normalized spacial score (nSPS) is 30.4. The summed E-state index contributed by atoms with van der Waals surface area (Å²) in [5.74, 6) is 1.22. The predicted molar refractivity (Wildman–Crippen MR) is 83.4 cm³/mol. The lowest BCUT2D eigenvalue weighted by Gasteiger charge is -2.51. The van der Waals surface area contributed by atoms with Crippen molar-refractivity contribution in [2.75, 3.05) is 13.7 Å². The average molecular weight is 282 g/mol. The van der Waals surface area contributed by atoms with Crippen molar-refractivity contribution < 1.29 is 4.74 Å². The molecule has 1 N–H and O–H groups in total. The van der Waals surface area contributed by atoms with E-state index in [9.17, 15) is 0 Å². The molecular formula is C18H22N2O. The smallest absolute Gasteiger partial charge is 0.213 e. The first-order valence-corrected chi connectivity index (χ1v) is 7.81. The van der Waals surface area contributed by atoms with Crippen molar-refractivity contribution >= 4 is 0 Å². The minimum absolute atomic E-state index is 0.0152. The Labute approximate surface area is 126 Å². The molecule has 3 aliphatic rings. The zero-order valence-corrected chi connectivity index (χ0v) is 13.0. The van der Waals surface area contributed by atoms with Gasteiger partial charge < -0.3 is 10.1 Å². The lowest BCUT2D eigenvalue weighted by atomic mass is 9.60. The summed E-state index contributed by atoms with van der Waals surface area (Å²) < 4.78 is 5.32. The Kier molecular flexibility index (Phi) is 2.77. The minimum atomic E-state index is -0.0152. The SMILES string of the molecule is COc1ccc2c(n1)C[C@@H]1C=C(C)C[C@]23NCCC(C)=C13. The van der Waals surface area contributed by atoms with Crippen LogP contribution in [0.15, 0.2) is 34.9 Å². The number of ether oxygens (including phenoxy) is 1. The molecule has 2 heterocycles. The van der Waals surface area contributed by atoms with E-state index in [-0.39, 0.29) is 5.54 Å². The number of methoxy groups -OCH3 is 1. The van der Waals surface area contributed by atoms with Crippen molar-refractivity contribution in [1.29, 1.82) is 0 Å². The Bertz CT molecular complexity index is 674. The van der Waals surface area contributed by atoms with Crippen molar-refractivity contribution in [3.63, 3.8) is 0 Å². The number of aromatic nitrogens is 1. The number of hydrogen-bond acceptors (Lipinski definition) is 3. The van der Waals surface area contributed by atoms with Gasteiger partial charge in [-0.3, -0.25) is 0 Å². The highest BCUT2D eigenvalue weighted by molar-refractivity contribution is 5.52. The molecule has 0 saturated carbocycles. The summed E-state index contributed by atoms with van der Waals surface area (Å²) in [6.07, 6.45) is 5.69. The molecule has 1 aromatic rings. The van der Waals surface area contributed by atoms with E-state index in [4.69, 9.17) is 9.72 Å². The third kappa shape index (κ3) is 1.73. The molecule has 0 radical (unpaired) electrons. The maximum atomic E-state index is 5.32. The molecular weight excluding hydrogens is 260 g/mol. The summed E-state index contributed by atoms with van der Waals surface area (Å²) in [4.78, 5) is 4.74. The van der Waals surface area contributed by atoms with Crippen LogP contribution in [0.4, 0.5) is 0 Å². The molecule has 3 nitrogen and oxygen atoms in total. The lowest BCUT2D eigenvalue weighted by Crippen LogP contribution is -2.54. The molecule has 2 bridgehead atoms. The first-order valence-electron chi connectivity index (χ1n) is 7.81. The Hall–Kier alpha value is -1.61. The van der Waals surface area contributed by atoms with E-state index < -0.39 is 0 Å². The van der Waals surface area contributed by atoms with E-state index in [1.165, 1.54) is 23.3 Å². The Morgan fingerprint density at radius 3 is 3.00 bits per heavy atom. The minimum Gasteiger partial charge on any atom is -0.481 e. The number of fused-ring (bicyclic) bond motifs is 1. The summed E-state index contributed by atoms with van der Waals surface area (Å²) >= 11 is 0. The summed E-state index contributed by atoms with van der Waals surface area (Å²) in [7, 11) is 1.69. The topological polar surface area (TPSA) is 34.1 Å². The molecule has 3 heteroatoms. The van der Waals surface area contributed by atoms with Gasteiger partial charge in [0.15, 0.2) is 0 Å². The first kappa shape index (κ1) is 13.1. The van der Waals surface area contributed by atoms with Crippen LogP contribution >= 0.6 is 0 Å². The molecule has 2 atom stereocenters. The third-order valence-electron chi connectivity index (χ3n) is 5.28. The van der Waals surface area contributed by atoms with Crippen LogP contribution in [0.2, 0.25) is 0 Å². The molecule has 21 heavy (non-hydrogen) atoms. The van der Waals surface area contributed by atoms with Gasteiger partial charge in [-0.1, -0.05) is 17.2 Å². The van der Waals surface area contributed by atoms with Crippen LogP contribution in [-0.4, -0.2) is 18.6 Å². The van der Waals surface area contributed by atoms with Gasteiger partial charge in [-0.15, -0.1) is 0 Å². The highest BCUT2D eigenvalue weighted by Gasteiger charge is 2.48. The Morgan fingerprint density at radius 2 is 2.19 bits per heavy atom. The van der Waals surface area contributed by atoms with E-state index in [1.807, 2.05) is 6.07 Å². The largest absolute Gasteiger partial charge is 0.481 e. The summed E-state index contributed by atoms with van der Waals surface area (Å²) in [5.41, 5.74) is 7.23. The monoisotopic (exact) mass is 282 g/mol. The summed E-state index contributed by atoms with van der Waals surface area (Å²) in [6, 6.07) is 4.23. The van der Waals surface area contributed by atoms with Gasteiger partial charge in [-0.05, 0) is 50.4 Å². The Morgan fingerprint density at radius 1 is 1.33 bits per heavy atom. The van der Waals surface area contributed by atoms with Crippen molar-refractivity contribution in [3.05, 3.63) is 46.2 Å². The van der Waals surface area contributed by atoms with Crippen molar-refractivity contribution in [1.82, 2.24) is 10.3 Å². The zero-order chi connectivity index (χ0) is 14.6. The molecule has 0 saturated heterocycles. The van der Waals surface area contributed by atoms with Gasteiger partial charge in [0.1, 0.15) is 0 Å². The van der Waals surface area contributed by atoms with E-state index in [1.54, 1.807) is 18.3 Å². The number of hydrogen-bond donors (Lipinski definition) is 1. The number of pyridine rings is 1. The molecule has 0 unspecified atom stereocenters. The zero-order valence-electron chi connectivity index (χ0n) is 13.0. The first-order chi connectivity index (χ1) is 10.1. The predicted octanol–water partition coefficient (Wildman–Crippen LogP) is 3.12. The number of allylic oxidation sites excluding steroid dienone is 1. The van der Waals surface area contributed by atoms with E-state index >= 15 is 0 Å². The fourth-order valence-corrected chi connectivity index (χ4v) is 4.60. The van der Waals surface area contributed by atoms with E-state index in [2.05, 4.69) is 31.3 Å². The molecule has 0 aromatic carbocycles. The van der Waals surface area contributed by atoms with Gasteiger partial charge in [0.25, 0.3) is 0 Å². The fourth-order valence-electron chi connectivity index (χ4n) is 4.60. The van der Waals surface area contributed by atoms with Crippen molar-refractivity contribution in [3.8, 4) is 5.88 Å². The maximum Gasteiger partial charge on any atom is 0.213 e. The number of nitrogens with one attached hydrogen (secondary N) is 1.